The summed E-state index contributed by atoms with van der Waals surface area (Å²) in [4.78, 5) is 25.8. The average molecular weight is 311 g/mol. The molecule has 1 aromatic carbocycles. The van der Waals surface area contributed by atoms with Crippen molar-refractivity contribution in [3.8, 4) is 0 Å². The van der Waals surface area contributed by atoms with Gasteiger partial charge in [0.15, 0.2) is 0 Å². The Kier molecular flexibility index (Phi) is 4.60. The fraction of sp³-hybridized carbons (Fsp3) is 0.368. The molecule has 1 saturated heterocycles. The average Bonchev–Trinajstić information content (AvgIpc) is 2.99. The number of amides is 1. The molecule has 0 aromatic heterocycles. The smallest absolute Gasteiger partial charge is 0.332 e. The first-order valence-electron chi connectivity index (χ1n) is 8.09. The molecule has 0 spiro atoms. The highest BCUT2D eigenvalue weighted by Crippen LogP contribution is 2.32. The van der Waals surface area contributed by atoms with Crippen molar-refractivity contribution >= 4 is 18.0 Å². The lowest BCUT2D eigenvalue weighted by Gasteiger charge is -2.16. The van der Waals surface area contributed by atoms with Gasteiger partial charge >= 0.3 is 5.97 Å². The van der Waals surface area contributed by atoms with Crippen LogP contribution in [0.3, 0.4) is 0 Å². The molecule has 0 saturated carbocycles. The number of hydrogen-bond donors (Lipinski definition) is 1. The molecule has 1 unspecified atom stereocenters. The van der Waals surface area contributed by atoms with E-state index in [1.165, 1.54) is 12.0 Å². The Morgan fingerprint density at radius 3 is 2.74 bits per heavy atom. The SMILES string of the molecule is O=C(O)/C(=C\c1ccccc1)CC(=O)N1CC2=CCCCC2C1. The summed E-state index contributed by atoms with van der Waals surface area (Å²) < 4.78 is 0. The second-order valence-electron chi connectivity index (χ2n) is 6.24. The first-order valence-corrected chi connectivity index (χ1v) is 8.09. The number of carboxylic acids is 1. The van der Waals surface area contributed by atoms with E-state index in [0.29, 0.717) is 12.5 Å². The third kappa shape index (κ3) is 3.70. The lowest BCUT2D eigenvalue weighted by atomic mass is 9.91. The van der Waals surface area contributed by atoms with Crippen molar-refractivity contribution in [1.82, 2.24) is 4.90 Å². The number of carboxylic acid groups (broad SMARTS) is 1. The van der Waals surface area contributed by atoms with Crippen LogP contribution in [-0.2, 0) is 9.59 Å². The fourth-order valence-corrected chi connectivity index (χ4v) is 3.36. The lowest BCUT2D eigenvalue weighted by Crippen LogP contribution is -2.29. The fourth-order valence-electron chi connectivity index (χ4n) is 3.36. The van der Waals surface area contributed by atoms with Crippen LogP contribution in [0.15, 0.2) is 47.6 Å². The molecule has 0 radical (unpaired) electrons. The summed E-state index contributed by atoms with van der Waals surface area (Å²) in [5, 5.41) is 9.38. The standard InChI is InChI=1S/C19H21NO3/c21-18(20-12-15-8-4-5-9-16(15)13-20)11-17(19(22)23)10-14-6-2-1-3-7-14/h1-3,6-8,10,16H,4-5,9,11-13H2,(H,22,23)/b17-10-. The molecule has 4 nitrogen and oxygen atoms in total. The van der Waals surface area contributed by atoms with Crippen LogP contribution in [0.25, 0.3) is 6.08 Å². The van der Waals surface area contributed by atoms with E-state index in [1.807, 2.05) is 35.2 Å². The predicted octanol–water partition coefficient (Wildman–Crippen LogP) is 3.11. The Hall–Kier alpha value is -2.36. The maximum atomic E-state index is 12.5. The van der Waals surface area contributed by atoms with Gasteiger partial charge in [-0.15, -0.1) is 0 Å². The number of likely N-dealkylation sites (tertiary alicyclic amines) is 1. The molecule has 1 N–H and O–H groups in total. The van der Waals surface area contributed by atoms with Gasteiger partial charge in [0.2, 0.25) is 5.91 Å². The van der Waals surface area contributed by atoms with Crippen LogP contribution >= 0.6 is 0 Å². The maximum Gasteiger partial charge on any atom is 0.332 e. The maximum absolute atomic E-state index is 12.5. The van der Waals surface area contributed by atoms with Gasteiger partial charge in [-0.3, -0.25) is 4.79 Å². The van der Waals surface area contributed by atoms with Crippen molar-refractivity contribution in [2.24, 2.45) is 5.92 Å². The zero-order valence-electron chi connectivity index (χ0n) is 13.1. The summed E-state index contributed by atoms with van der Waals surface area (Å²) in [7, 11) is 0. The first-order chi connectivity index (χ1) is 11.1. The van der Waals surface area contributed by atoms with E-state index in [1.54, 1.807) is 6.08 Å². The Balaban J connectivity index is 1.70. The molecule has 1 fully saturated rings. The second-order valence-corrected chi connectivity index (χ2v) is 6.24. The van der Waals surface area contributed by atoms with E-state index in [-0.39, 0.29) is 17.9 Å². The molecule has 1 aliphatic carbocycles. The molecule has 1 amide bonds. The largest absolute Gasteiger partial charge is 0.478 e. The zero-order valence-corrected chi connectivity index (χ0v) is 13.1. The van der Waals surface area contributed by atoms with Crippen molar-refractivity contribution in [3.05, 3.63) is 53.1 Å². The summed E-state index contributed by atoms with van der Waals surface area (Å²) in [6.07, 6.45) is 7.21. The summed E-state index contributed by atoms with van der Waals surface area (Å²) in [6.45, 7) is 1.41. The quantitative estimate of drug-likeness (QED) is 0.686. The van der Waals surface area contributed by atoms with Gasteiger partial charge in [0, 0.05) is 18.7 Å². The van der Waals surface area contributed by atoms with Gasteiger partial charge in [0.05, 0.1) is 6.42 Å². The Bertz CT molecular complexity index is 660. The molecule has 0 bridgehead atoms. The van der Waals surface area contributed by atoms with Crippen LogP contribution in [0.2, 0.25) is 0 Å². The van der Waals surface area contributed by atoms with Gasteiger partial charge in [0.1, 0.15) is 0 Å². The third-order valence-electron chi connectivity index (χ3n) is 4.61. The number of rotatable bonds is 4. The van der Waals surface area contributed by atoms with Crippen molar-refractivity contribution in [2.45, 2.75) is 25.7 Å². The Labute approximate surface area is 136 Å². The van der Waals surface area contributed by atoms with Crippen LogP contribution in [0, 0.1) is 5.92 Å². The van der Waals surface area contributed by atoms with Gasteiger partial charge in [-0.05, 0) is 42.4 Å². The van der Waals surface area contributed by atoms with E-state index in [0.717, 1.165) is 24.9 Å². The summed E-state index contributed by atoms with van der Waals surface area (Å²) >= 11 is 0. The molecule has 1 atom stereocenters. The Morgan fingerprint density at radius 2 is 2.04 bits per heavy atom. The molecular weight excluding hydrogens is 290 g/mol. The van der Waals surface area contributed by atoms with E-state index in [2.05, 4.69) is 6.08 Å². The van der Waals surface area contributed by atoms with Gasteiger partial charge in [-0.2, -0.15) is 0 Å². The monoisotopic (exact) mass is 311 g/mol. The molecule has 120 valence electrons. The summed E-state index contributed by atoms with van der Waals surface area (Å²) in [5.74, 6) is -0.637. The minimum Gasteiger partial charge on any atom is -0.478 e. The van der Waals surface area contributed by atoms with Gasteiger partial charge in [0.25, 0.3) is 0 Å². The number of hydrogen-bond acceptors (Lipinski definition) is 2. The zero-order chi connectivity index (χ0) is 16.2. The highest BCUT2D eigenvalue weighted by Gasteiger charge is 2.31. The molecule has 3 rings (SSSR count). The minimum absolute atomic E-state index is 0.0514. The van der Waals surface area contributed by atoms with Crippen LogP contribution in [0.5, 0.6) is 0 Å². The van der Waals surface area contributed by atoms with Crippen LogP contribution in [-0.4, -0.2) is 35.0 Å². The summed E-state index contributed by atoms with van der Waals surface area (Å²) in [6, 6.07) is 9.25. The molecule has 1 aromatic rings. The molecule has 23 heavy (non-hydrogen) atoms. The summed E-state index contributed by atoms with van der Waals surface area (Å²) in [5.41, 5.74) is 2.30. The number of fused-ring (bicyclic) bond motifs is 1. The number of carbonyl (C=O) groups excluding carboxylic acids is 1. The van der Waals surface area contributed by atoms with E-state index >= 15 is 0 Å². The van der Waals surface area contributed by atoms with Gasteiger partial charge < -0.3 is 10.0 Å². The number of allylic oxidation sites excluding steroid dienone is 1. The highest BCUT2D eigenvalue weighted by atomic mass is 16.4. The predicted molar refractivity (Wildman–Crippen MR) is 88.7 cm³/mol. The molecule has 1 aliphatic heterocycles. The first kappa shape index (κ1) is 15.5. The van der Waals surface area contributed by atoms with Crippen LogP contribution in [0.4, 0.5) is 0 Å². The molecule has 1 heterocycles. The lowest BCUT2D eigenvalue weighted by molar-refractivity contribution is -0.135. The van der Waals surface area contributed by atoms with Crippen LogP contribution < -0.4 is 0 Å². The second kappa shape index (κ2) is 6.82. The van der Waals surface area contributed by atoms with Crippen LogP contribution in [0.1, 0.15) is 31.2 Å². The number of benzene rings is 1. The van der Waals surface area contributed by atoms with E-state index in [4.69, 9.17) is 0 Å². The Morgan fingerprint density at radius 1 is 1.26 bits per heavy atom. The number of nitrogens with zero attached hydrogens (tertiary/aromatic N) is 1. The molecule has 4 heteroatoms. The van der Waals surface area contributed by atoms with Gasteiger partial charge in [-0.1, -0.05) is 36.4 Å². The minimum atomic E-state index is -1.03. The van der Waals surface area contributed by atoms with E-state index in [9.17, 15) is 14.7 Å². The molecule has 2 aliphatic rings. The van der Waals surface area contributed by atoms with Crippen molar-refractivity contribution < 1.29 is 14.7 Å². The van der Waals surface area contributed by atoms with E-state index < -0.39 is 5.97 Å². The van der Waals surface area contributed by atoms with Crippen molar-refractivity contribution in [2.75, 3.05) is 13.1 Å². The topological polar surface area (TPSA) is 57.6 Å². The molecular formula is C19H21NO3. The van der Waals surface area contributed by atoms with Crippen molar-refractivity contribution in [1.29, 1.82) is 0 Å². The normalized spacial score (nSPS) is 20.9. The number of carbonyl (C=O) groups is 2. The highest BCUT2D eigenvalue weighted by molar-refractivity contribution is 5.98. The van der Waals surface area contributed by atoms with Crippen molar-refractivity contribution in [3.63, 3.8) is 0 Å². The third-order valence-corrected chi connectivity index (χ3v) is 4.61. The number of aliphatic carboxylic acids is 1. The van der Waals surface area contributed by atoms with Gasteiger partial charge in [-0.25, -0.2) is 4.79 Å².